The Hall–Kier alpha value is -2.02. The largest absolute Gasteiger partial charge is 0.479 e. The third-order valence-corrected chi connectivity index (χ3v) is 4.21. The van der Waals surface area contributed by atoms with E-state index in [4.69, 9.17) is 42.9 Å². The van der Waals surface area contributed by atoms with E-state index >= 15 is 0 Å². The zero-order valence-electron chi connectivity index (χ0n) is 16.1. The highest BCUT2D eigenvalue weighted by Gasteiger charge is 2.21. The van der Waals surface area contributed by atoms with Crippen LogP contribution in [0.15, 0.2) is 42.5 Å². The van der Waals surface area contributed by atoms with Crippen LogP contribution in [-0.4, -0.2) is 45.3 Å². The van der Waals surface area contributed by atoms with E-state index in [-0.39, 0.29) is 6.10 Å². The number of halogens is 2. The monoisotopic (exact) mass is 430 g/mol. The van der Waals surface area contributed by atoms with Gasteiger partial charge in [0, 0.05) is 5.02 Å². The summed E-state index contributed by atoms with van der Waals surface area (Å²) in [7, 11) is 0. The van der Waals surface area contributed by atoms with Gasteiger partial charge in [0.15, 0.2) is 12.2 Å². The van der Waals surface area contributed by atoms with Gasteiger partial charge in [-0.05, 0) is 51.5 Å². The van der Waals surface area contributed by atoms with Crippen LogP contribution in [0.1, 0.15) is 26.3 Å². The Morgan fingerprint density at radius 3 is 2.11 bits per heavy atom. The first-order chi connectivity index (χ1) is 12.9. The normalized spacial score (nSPS) is 22.6. The van der Waals surface area contributed by atoms with Crippen LogP contribution in [0.2, 0.25) is 5.02 Å². The van der Waals surface area contributed by atoms with Gasteiger partial charge in [-0.1, -0.05) is 35.9 Å². The molecule has 0 spiro atoms. The lowest BCUT2D eigenvalue weighted by atomic mass is 10.0. The van der Waals surface area contributed by atoms with Crippen LogP contribution in [0.25, 0.3) is 0 Å². The number of alkyl halides is 1. The number of aliphatic carboxylic acids is 2. The van der Waals surface area contributed by atoms with Crippen molar-refractivity contribution in [3.05, 3.63) is 53.1 Å². The maximum Gasteiger partial charge on any atom is 0.344 e. The molecular weight excluding hydrogens is 407 g/mol. The average molecular weight is 431 g/mol. The van der Waals surface area contributed by atoms with Gasteiger partial charge in [0.1, 0.15) is 5.75 Å². The molecule has 8 heteroatoms. The Morgan fingerprint density at radius 1 is 1.11 bits per heavy atom. The molecule has 0 aromatic heterocycles. The third kappa shape index (κ3) is 8.33. The highest BCUT2D eigenvalue weighted by atomic mass is 35.5. The zero-order chi connectivity index (χ0) is 21.5. The smallest absolute Gasteiger partial charge is 0.344 e. The second-order valence-electron chi connectivity index (χ2n) is 6.46. The van der Waals surface area contributed by atoms with Gasteiger partial charge < -0.3 is 19.7 Å². The van der Waals surface area contributed by atoms with Gasteiger partial charge in [0.2, 0.25) is 0 Å². The summed E-state index contributed by atoms with van der Waals surface area (Å²) in [4.78, 5) is 20.6. The summed E-state index contributed by atoms with van der Waals surface area (Å²) in [5.74, 6) is -1.41. The Labute approximate surface area is 174 Å². The second-order valence-corrected chi connectivity index (χ2v) is 7.71. The minimum absolute atomic E-state index is 0.298. The fraction of sp³-hybridized carbons (Fsp3) is 0.400. The number of carbonyl (C=O) groups is 2. The number of hydrogen-bond donors (Lipinski definition) is 2. The van der Waals surface area contributed by atoms with Gasteiger partial charge in [0.25, 0.3) is 0 Å². The van der Waals surface area contributed by atoms with Crippen LogP contribution in [0.4, 0.5) is 0 Å². The quantitative estimate of drug-likeness (QED) is 0.510. The first-order valence-electron chi connectivity index (χ1n) is 8.53. The summed E-state index contributed by atoms with van der Waals surface area (Å²) in [5.41, 5.74) is 0.825. The third-order valence-electron chi connectivity index (χ3n) is 3.72. The molecule has 28 heavy (non-hydrogen) atoms. The number of hydrogen-bond acceptors (Lipinski definition) is 4. The van der Waals surface area contributed by atoms with Crippen molar-refractivity contribution in [1.82, 2.24) is 0 Å². The molecular formula is C20H24Cl2O6. The molecule has 1 aromatic carbocycles. The van der Waals surface area contributed by atoms with Crippen molar-refractivity contribution in [3.8, 4) is 5.75 Å². The number of carboxylic acid groups (broad SMARTS) is 2. The predicted molar refractivity (Wildman–Crippen MR) is 108 cm³/mol. The molecule has 0 radical (unpaired) electrons. The molecule has 2 N–H and O–H groups in total. The van der Waals surface area contributed by atoms with E-state index in [1.54, 1.807) is 42.5 Å². The van der Waals surface area contributed by atoms with E-state index in [0.29, 0.717) is 10.8 Å². The van der Waals surface area contributed by atoms with E-state index in [2.05, 4.69) is 0 Å². The molecule has 154 valence electrons. The van der Waals surface area contributed by atoms with E-state index in [1.165, 1.54) is 13.8 Å². The molecule has 0 heterocycles. The number of rotatable bonds is 6. The molecule has 2 unspecified atom stereocenters. The fourth-order valence-electron chi connectivity index (χ4n) is 2.06. The highest BCUT2D eigenvalue weighted by molar-refractivity contribution is 6.30. The van der Waals surface area contributed by atoms with Gasteiger partial charge in [0.05, 0.1) is 11.0 Å². The Morgan fingerprint density at radius 2 is 1.64 bits per heavy atom. The van der Waals surface area contributed by atoms with Crippen LogP contribution < -0.4 is 4.74 Å². The summed E-state index contributed by atoms with van der Waals surface area (Å²) in [5, 5.41) is 17.9. The van der Waals surface area contributed by atoms with Crippen LogP contribution >= 0.6 is 23.2 Å². The molecule has 6 nitrogen and oxygen atoms in total. The maximum atomic E-state index is 10.5. The van der Waals surface area contributed by atoms with Crippen molar-refractivity contribution in [1.29, 1.82) is 0 Å². The number of carboxylic acids is 2. The molecule has 0 saturated carbocycles. The number of benzene rings is 1. The zero-order valence-corrected chi connectivity index (χ0v) is 17.6. The van der Waals surface area contributed by atoms with Crippen molar-refractivity contribution in [2.24, 2.45) is 0 Å². The minimum Gasteiger partial charge on any atom is -0.479 e. The standard InChI is InChI=1S/C10H13ClO3.C10H11ClO3/c1-7(9(12)13)14-8-3-5-10(2,11)6-4-8;1-6-5-8(11)3-4-9(6)14-7(2)10(12)13/h3-8H,1-2H3,(H,12,13);3-5,7H,1-2H3,(H,12,13). The first-order valence-corrected chi connectivity index (χ1v) is 9.28. The number of allylic oxidation sites excluding steroid dienone is 2. The number of ether oxygens (including phenoxy) is 2. The Bertz CT molecular complexity index is 741. The van der Waals surface area contributed by atoms with Crippen LogP contribution in [0, 0.1) is 6.92 Å². The van der Waals surface area contributed by atoms with Gasteiger partial charge >= 0.3 is 11.9 Å². The molecule has 0 amide bonds. The van der Waals surface area contributed by atoms with Crippen molar-refractivity contribution >= 4 is 35.1 Å². The summed E-state index contributed by atoms with van der Waals surface area (Å²) in [6, 6.07) is 5.06. The summed E-state index contributed by atoms with van der Waals surface area (Å²) >= 11 is 11.7. The van der Waals surface area contributed by atoms with Crippen molar-refractivity contribution in [3.63, 3.8) is 0 Å². The molecule has 1 aliphatic carbocycles. The average Bonchev–Trinajstić information content (AvgIpc) is 2.59. The molecule has 2 rings (SSSR count). The molecule has 0 saturated heterocycles. The molecule has 0 bridgehead atoms. The lowest BCUT2D eigenvalue weighted by Crippen LogP contribution is -2.27. The van der Waals surface area contributed by atoms with E-state index in [1.807, 2.05) is 13.8 Å². The topological polar surface area (TPSA) is 93.1 Å². The van der Waals surface area contributed by atoms with E-state index in [0.717, 1.165) is 5.56 Å². The van der Waals surface area contributed by atoms with Crippen molar-refractivity contribution in [2.45, 2.75) is 50.9 Å². The predicted octanol–water partition coefficient (Wildman–Crippen LogP) is 4.47. The molecule has 0 fully saturated rings. The van der Waals surface area contributed by atoms with Crippen LogP contribution in [0.3, 0.4) is 0 Å². The van der Waals surface area contributed by atoms with Crippen LogP contribution in [0.5, 0.6) is 5.75 Å². The lowest BCUT2D eigenvalue weighted by molar-refractivity contribution is -0.150. The lowest BCUT2D eigenvalue weighted by Gasteiger charge is -2.21. The molecule has 1 aliphatic rings. The van der Waals surface area contributed by atoms with E-state index in [9.17, 15) is 9.59 Å². The molecule has 1 aromatic rings. The van der Waals surface area contributed by atoms with E-state index < -0.39 is 29.0 Å². The molecule has 0 aliphatic heterocycles. The van der Waals surface area contributed by atoms with Crippen LogP contribution in [-0.2, 0) is 14.3 Å². The molecule has 2 atom stereocenters. The Kier molecular flexibility index (Phi) is 9.01. The number of aryl methyl sites for hydroxylation is 1. The summed E-state index contributed by atoms with van der Waals surface area (Å²) < 4.78 is 10.4. The Balaban J connectivity index is 0.000000280. The van der Waals surface area contributed by atoms with Gasteiger partial charge in [-0.2, -0.15) is 0 Å². The first kappa shape index (κ1) is 24.0. The van der Waals surface area contributed by atoms with Gasteiger partial charge in [-0.3, -0.25) is 0 Å². The van der Waals surface area contributed by atoms with Crippen molar-refractivity contribution in [2.75, 3.05) is 0 Å². The minimum atomic E-state index is -0.987. The summed E-state index contributed by atoms with van der Waals surface area (Å²) in [6.07, 6.45) is 5.12. The SMILES string of the molecule is CC(OC1C=CC(C)(Cl)C=C1)C(=O)O.Cc1cc(Cl)ccc1OC(C)C(=O)O. The van der Waals surface area contributed by atoms with Gasteiger partial charge in [-0.25, -0.2) is 9.59 Å². The maximum absolute atomic E-state index is 10.5. The fourth-order valence-corrected chi connectivity index (χ4v) is 2.43. The van der Waals surface area contributed by atoms with Crippen molar-refractivity contribution < 1.29 is 29.3 Å². The second kappa shape index (κ2) is 10.5. The summed E-state index contributed by atoms with van der Waals surface area (Å²) in [6.45, 7) is 6.64. The highest BCUT2D eigenvalue weighted by Crippen LogP contribution is 2.24. The van der Waals surface area contributed by atoms with Gasteiger partial charge in [-0.15, -0.1) is 11.6 Å².